The largest absolute Gasteiger partial charge is 0.433 e. The fourth-order valence-electron chi connectivity index (χ4n) is 3.95. The number of hydrogen-bond acceptors (Lipinski definition) is 3. The van der Waals surface area contributed by atoms with E-state index in [9.17, 15) is 13.2 Å². The third-order valence-electron chi connectivity index (χ3n) is 5.57. The number of nitrogens with one attached hydrogen (secondary N) is 1. The second-order valence-electron chi connectivity index (χ2n) is 7.52. The highest BCUT2D eigenvalue weighted by Gasteiger charge is 2.33. The van der Waals surface area contributed by atoms with Crippen molar-refractivity contribution in [2.75, 3.05) is 37.6 Å². The smallest absolute Gasteiger partial charge is 0.361 e. The third-order valence-corrected chi connectivity index (χ3v) is 5.57. The average molecular weight is 402 g/mol. The lowest BCUT2D eigenvalue weighted by Gasteiger charge is -2.35. The van der Waals surface area contributed by atoms with Crippen LogP contribution in [0.1, 0.15) is 24.1 Å². The summed E-state index contributed by atoms with van der Waals surface area (Å²) >= 11 is 0. The van der Waals surface area contributed by atoms with Gasteiger partial charge in [-0.25, -0.2) is 4.98 Å². The lowest BCUT2D eigenvalue weighted by Crippen LogP contribution is -2.47. The average Bonchev–Trinajstić information content (AvgIpc) is 3.14. The van der Waals surface area contributed by atoms with Gasteiger partial charge in [0.2, 0.25) is 0 Å². The molecule has 0 aliphatic carbocycles. The molecule has 1 aliphatic heterocycles. The molecule has 0 amide bonds. The summed E-state index contributed by atoms with van der Waals surface area (Å²) in [7, 11) is 0. The van der Waals surface area contributed by atoms with Crippen LogP contribution in [0.2, 0.25) is 0 Å². The zero-order valence-corrected chi connectivity index (χ0v) is 16.3. The third kappa shape index (κ3) is 4.72. The van der Waals surface area contributed by atoms with E-state index in [0.717, 1.165) is 45.0 Å². The second-order valence-corrected chi connectivity index (χ2v) is 7.52. The van der Waals surface area contributed by atoms with Crippen molar-refractivity contribution < 1.29 is 13.2 Å². The highest BCUT2D eigenvalue weighted by atomic mass is 19.4. The number of benzene rings is 1. The predicted octanol–water partition coefficient (Wildman–Crippen LogP) is 4.73. The highest BCUT2D eigenvalue weighted by molar-refractivity contribution is 5.82. The van der Waals surface area contributed by atoms with E-state index in [1.807, 2.05) is 11.0 Å². The maximum Gasteiger partial charge on any atom is 0.433 e. The second kappa shape index (κ2) is 8.45. The minimum absolute atomic E-state index is 0.416. The van der Waals surface area contributed by atoms with E-state index in [4.69, 9.17) is 0 Å². The molecule has 4 rings (SSSR count). The normalized spacial score (nSPS) is 15.9. The van der Waals surface area contributed by atoms with E-state index in [1.54, 1.807) is 6.07 Å². The first-order valence-electron chi connectivity index (χ1n) is 10.1. The quantitative estimate of drug-likeness (QED) is 0.606. The number of piperazine rings is 1. The Labute approximate surface area is 168 Å². The number of aromatic amines is 1. The van der Waals surface area contributed by atoms with Crippen molar-refractivity contribution in [3.05, 3.63) is 59.9 Å². The van der Waals surface area contributed by atoms with Crippen LogP contribution in [0, 0.1) is 0 Å². The van der Waals surface area contributed by atoms with Crippen molar-refractivity contribution in [1.82, 2.24) is 14.9 Å². The minimum Gasteiger partial charge on any atom is -0.361 e. The van der Waals surface area contributed by atoms with Crippen LogP contribution in [0.3, 0.4) is 0 Å². The Bertz CT molecular complexity index is 942. The molecule has 0 spiro atoms. The number of aromatic nitrogens is 2. The monoisotopic (exact) mass is 402 g/mol. The number of unbranched alkanes of at least 4 members (excludes halogenated alkanes) is 1. The molecule has 3 heterocycles. The van der Waals surface area contributed by atoms with Crippen LogP contribution >= 0.6 is 0 Å². The topological polar surface area (TPSA) is 35.2 Å². The number of nitrogens with zero attached hydrogens (tertiary/aromatic N) is 3. The van der Waals surface area contributed by atoms with Crippen molar-refractivity contribution >= 4 is 16.7 Å². The molecule has 0 saturated carbocycles. The molecular weight excluding hydrogens is 377 g/mol. The molecule has 1 fully saturated rings. The van der Waals surface area contributed by atoms with Crippen LogP contribution in [0.25, 0.3) is 10.9 Å². The highest BCUT2D eigenvalue weighted by Crippen LogP contribution is 2.29. The van der Waals surface area contributed by atoms with Gasteiger partial charge in [0.05, 0.1) is 0 Å². The van der Waals surface area contributed by atoms with E-state index in [-0.39, 0.29) is 0 Å². The Balaban J connectivity index is 1.22. The molecule has 1 N–H and O–H groups in total. The van der Waals surface area contributed by atoms with Crippen molar-refractivity contribution in [1.29, 1.82) is 0 Å². The first-order chi connectivity index (χ1) is 14.0. The number of anilines is 1. The van der Waals surface area contributed by atoms with Gasteiger partial charge in [0, 0.05) is 43.3 Å². The molecular formula is C22H25F3N4. The van der Waals surface area contributed by atoms with Crippen LogP contribution in [0.4, 0.5) is 19.0 Å². The molecule has 0 unspecified atom stereocenters. The summed E-state index contributed by atoms with van der Waals surface area (Å²) in [6.45, 7) is 4.13. The lowest BCUT2D eigenvalue weighted by molar-refractivity contribution is -0.141. The number of H-pyrrole nitrogens is 1. The maximum absolute atomic E-state index is 12.9. The van der Waals surface area contributed by atoms with E-state index in [0.29, 0.717) is 18.9 Å². The molecule has 0 atom stereocenters. The fraction of sp³-hybridized carbons (Fsp3) is 0.409. The summed E-state index contributed by atoms with van der Waals surface area (Å²) < 4.78 is 38.6. The Morgan fingerprint density at radius 1 is 0.931 bits per heavy atom. The number of halogens is 3. The van der Waals surface area contributed by atoms with Crippen molar-refractivity contribution in [3.8, 4) is 0 Å². The molecule has 0 bridgehead atoms. The van der Waals surface area contributed by atoms with E-state index in [2.05, 4.69) is 39.3 Å². The van der Waals surface area contributed by atoms with Gasteiger partial charge in [-0.1, -0.05) is 24.3 Å². The number of rotatable bonds is 6. The van der Waals surface area contributed by atoms with Gasteiger partial charge in [-0.05, 0) is 49.6 Å². The summed E-state index contributed by atoms with van der Waals surface area (Å²) in [4.78, 5) is 11.5. The SMILES string of the molecule is FC(F)(F)c1cccc(N2CCN(CCCCc3c[nH]c4ccccc34)CC2)n1. The van der Waals surface area contributed by atoms with Crippen LogP contribution in [-0.4, -0.2) is 47.6 Å². The zero-order valence-electron chi connectivity index (χ0n) is 16.3. The van der Waals surface area contributed by atoms with Crippen molar-refractivity contribution in [2.24, 2.45) is 0 Å². The van der Waals surface area contributed by atoms with Gasteiger partial charge in [-0.3, -0.25) is 4.90 Å². The number of pyridine rings is 1. The van der Waals surface area contributed by atoms with Gasteiger partial charge in [-0.15, -0.1) is 0 Å². The summed E-state index contributed by atoms with van der Waals surface area (Å²) in [5.41, 5.74) is 1.72. The van der Waals surface area contributed by atoms with Crippen LogP contribution in [0.5, 0.6) is 0 Å². The zero-order chi connectivity index (χ0) is 20.3. The molecule has 0 radical (unpaired) electrons. The molecule has 7 heteroatoms. The van der Waals surface area contributed by atoms with Crippen LogP contribution in [0.15, 0.2) is 48.7 Å². The van der Waals surface area contributed by atoms with Crippen LogP contribution in [-0.2, 0) is 12.6 Å². The number of fused-ring (bicyclic) bond motifs is 1. The molecule has 1 aliphatic rings. The predicted molar refractivity (Wildman–Crippen MR) is 109 cm³/mol. The summed E-state index contributed by atoms with van der Waals surface area (Å²) in [6.07, 6.45) is 0.991. The van der Waals surface area contributed by atoms with Crippen molar-refractivity contribution in [3.63, 3.8) is 0 Å². The number of hydrogen-bond donors (Lipinski definition) is 1. The first kappa shape index (κ1) is 19.8. The molecule has 29 heavy (non-hydrogen) atoms. The summed E-state index contributed by atoms with van der Waals surface area (Å²) in [5.74, 6) is 0.416. The fourth-order valence-corrected chi connectivity index (χ4v) is 3.95. The van der Waals surface area contributed by atoms with Crippen LogP contribution < -0.4 is 4.90 Å². The maximum atomic E-state index is 12.9. The molecule has 154 valence electrons. The Kier molecular flexibility index (Phi) is 5.76. The standard InChI is InChI=1S/C22H25F3N4/c23-22(24,25)20-9-5-10-21(27-20)29-14-12-28(13-15-29)11-4-3-6-17-16-26-19-8-2-1-7-18(17)19/h1-2,5,7-10,16,26H,3-4,6,11-15H2. The van der Waals surface area contributed by atoms with Gasteiger partial charge < -0.3 is 9.88 Å². The van der Waals surface area contributed by atoms with Gasteiger partial charge in [0.1, 0.15) is 11.5 Å². The number of alkyl halides is 3. The van der Waals surface area contributed by atoms with E-state index in [1.165, 1.54) is 22.5 Å². The number of para-hydroxylation sites is 1. The summed E-state index contributed by atoms with van der Waals surface area (Å²) in [6, 6.07) is 12.5. The van der Waals surface area contributed by atoms with Gasteiger partial charge in [0.25, 0.3) is 0 Å². The van der Waals surface area contributed by atoms with Gasteiger partial charge in [-0.2, -0.15) is 13.2 Å². The van der Waals surface area contributed by atoms with Crippen molar-refractivity contribution in [2.45, 2.75) is 25.4 Å². The molecule has 3 aromatic rings. The van der Waals surface area contributed by atoms with Gasteiger partial charge in [0.15, 0.2) is 0 Å². The Morgan fingerprint density at radius 3 is 2.52 bits per heavy atom. The minimum atomic E-state index is -4.40. The van der Waals surface area contributed by atoms with E-state index >= 15 is 0 Å². The Morgan fingerprint density at radius 2 is 1.72 bits per heavy atom. The molecule has 1 saturated heterocycles. The lowest BCUT2D eigenvalue weighted by atomic mass is 10.1. The molecule has 1 aromatic carbocycles. The Hall–Kier alpha value is -2.54. The summed E-state index contributed by atoms with van der Waals surface area (Å²) in [5, 5.41) is 1.30. The van der Waals surface area contributed by atoms with Gasteiger partial charge >= 0.3 is 6.18 Å². The number of aryl methyl sites for hydroxylation is 1. The molecule has 2 aromatic heterocycles. The molecule has 4 nitrogen and oxygen atoms in total. The first-order valence-corrected chi connectivity index (χ1v) is 10.1. The van der Waals surface area contributed by atoms with E-state index < -0.39 is 11.9 Å².